The van der Waals surface area contributed by atoms with E-state index in [0.717, 1.165) is 0 Å². The summed E-state index contributed by atoms with van der Waals surface area (Å²) < 4.78 is 36.7. The van der Waals surface area contributed by atoms with E-state index in [2.05, 4.69) is 9.97 Å². The molecule has 0 saturated heterocycles. The molecule has 0 aliphatic carbocycles. The Kier molecular flexibility index (Phi) is 3.46. The van der Waals surface area contributed by atoms with Crippen molar-refractivity contribution >= 4 is 22.7 Å². The van der Waals surface area contributed by atoms with Crippen LogP contribution in [0.25, 0.3) is 10.9 Å². The zero-order valence-corrected chi connectivity index (χ0v) is 10.3. The van der Waals surface area contributed by atoms with Crippen molar-refractivity contribution in [3.05, 3.63) is 24.3 Å². The number of anilines is 2. The monoisotopic (exact) mass is 270 g/mol. The van der Waals surface area contributed by atoms with Crippen LogP contribution >= 0.6 is 0 Å². The van der Waals surface area contributed by atoms with Crippen LogP contribution in [0.2, 0.25) is 0 Å². The number of benzene rings is 1. The van der Waals surface area contributed by atoms with Crippen molar-refractivity contribution in [2.24, 2.45) is 0 Å². The van der Waals surface area contributed by atoms with E-state index in [9.17, 15) is 13.2 Å². The first-order valence-electron chi connectivity index (χ1n) is 5.67. The van der Waals surface area contributed by atoms with Gasteiger partial charge in [-0.3, -0.25) is 0 Å². The molecule has 2 aromatic rings. The minimum Gasteiger partial charge on any atom is -0.368 e. The summed E-state index contributed by atoms with van der Waals surface area (Å²) in [5.41, 5.74) is 6.19. The van der Waals surface area contributed by atoms with E-state index >= 15 is 0 Å². The summed E-state index contributed by atoms with van der Waals surface area (Å²) >= 11 is 0. The van der Waals surface area contributed by atoms with Crippen LogP contribution in [0.1, 0.15) is 6.42 Å². The lowest BCUT2D eigenvalue weighted by Crippen LogP contribution is -2.25. The number of halogens is 3. The Bertz CT molecular complexity index is 583. The quantitative estimate of drug-likeness (QED) is 0.931. The molecule has 1 aromatic heterocycles. The third-order valence-corrected chi connectivity index (χ3v) is 2.69. The topological polar surface area (TPSA) is 55.0 Å². The molecule has 2 rings (SSSR count). The first-order valence-corrected chi connectivity index (χ1v) is 5.67. The Labute approximate surface area is 108 Å². The van der Waals surface area contributed by atoms with E-state index in [1.54, 1.807) is 31.3 Å². The summed E-state index contributed by atoms with van der Waals surface area (Å²) in [7, 11) is 1.56. The van der Waals surface area contributed by atoms with Crippen LogP contribution in [0.4, 0.5) is 24.9 Å². The van der Waals surface area contributed by atoms with Gasteiger partial charge in [0.15, 0.2) is 0 Å². The summed E-state index contributed by atoms with van der Waals surface area (Å²) in [6.45, 7) is -0.177. The number of hydrogen-bond donors (Lipinski definition) is 1. The second-order valence-electron chi connectivity index (χ2n) is 4.21. The van der Waals surface area contributed by atoms with Crippen LogP contribution in [0.3, 0.4) is 0 Å². The first kappa shape index (κ1) is 13.4. The van der Waals surface area contributed by atoms with Crippen molar-refractivity contribution < 1.29 is 13.2 Å². The van der Waals surface area contributed by atoms with Gasteiger partial charge in [0.25, 0.3) is 0 Å². The number of nitrogens with two attached hydrogens (primary N) is 1. The number of fused-ring (bicyclic) bond motifs is 1. The Morgan fingerprint density at radius 1 is 1.21 bits per heavy atom. The van der Waals surface area contributed by atoms with Crippen molar-refractivity contribution in [3.8, 4) is 0 Å². The second-order valence-corrected chi connectivity index (χ2v) is 4.21. The maximum Gasteiger partial charge on any atom is 0.390 e. The van der Waals surface area contributed by atoms with E-state index in [1.165, 1.54) is 4.90 Å². The zero-order chi connectivity index (χ0) is 14.0. The number of rotatable bonds is 3. The third-order valence-electron chi connectivity index (χ3n) is 2.69. The van der Waals surface area contributed by atoms with Crippen LogP contribution in [-0.2, 0) is 0 Å². The summed E-state index contributed by atoms with van der Waals surface area (Å²) in [6, 6.07) is 7.07. The van der Waals surface area contributed by atoms with Crippen molar-refractivity contribution in [2.45, 2.75) is 12.6 Å². The fourth-order valence-electron chi connectivity index (χ4n) is 1.77. The molecule has 1 aromatic carbocycles. The van der Waals surface area contributed by atoms with Crippen LogP contribution in [-0.4, -0.2) is 29.7 Å². The van der Waals surface area contributed by atoms with Gasteiger partial charge in [-0.25, -0.2) is 4.98 Å². The minimum atomic E-state index is -4.19. The van der Waals surface area contributed by atoms with E-state index in [-0.39, 0.29) is 12.5 Å². The molecule has 0 saturated carbocycles. The molecule has 0 aliphatic heterocycles. The van der Waals surface area contributed by atoms with Crippen molar-refractivity contribution in [3.63, 3.8) is 0 Å². The fourth-order valence-corrected chi connectivity index (χ4v) is 1.77. The number of aromatic nitrogens is 2. The number of hydrogen-bond acceptors (Lipinski definition) is 4. The highest BCUT2D eigenvalue weighted by atomic mass is 19.4. The highest BCUT2D eigenvalue weighted by molar-refractivity contribution is 5.90. The van der Waals surface area contributed by atoms with Gasteiger partial charge in [0.2, 0.25) is 5.95 Å². The molecule has 1 heterocycles. The van der Waals surface area contributed by atoms with Gasteiger partial charge in [-0.2, -0.15) is 18.2 Å². The molecule has 0 spiro atoms. The smallest absolute Gasteiger partial charge is 0.368 e. The van der Waals surface area contributed by atoms with Crippen molar-refractivity contribution in [1.29, 1.82) is 0 Å². The van der Waals surface area contributed by atoms with Crippen LogP contribution in [0, 0.1) is 0 Å². The highest BCUT2D eigenvalue weighted by Crippen LogP contribution is 2.26. The maximum absolute atomic E-state index is 12.2. The van der Waals surface area contributed by atoms with E-state index in [4.69, 9.17) is 5.73 Å². The molecule has 7 heteroatoms. The molecule has 0 unspecified atom stereocenters. The number of alkyl halides is 3. The molecule has 0 atom stereocenters. The number of para-hydroxylation sites is 1. The predicted octanol–water partition coefficient (Wildman–Crippen LogP) is 2.60. The molecule has 19 heavy (non-hydrogen) atoms. The average Bonchev–Trinajstić information content (AvgIpc) is 2.34. The summed E-state index contributed by atoms with van der Waals surface area (Å²) in [4.78, 5) is 9.51. The van der Waals surface area contributed by atoms with Crippen LogP contribution in [0.5, 0.6) is 0 Å². The summed E-state index contributed by atoms with van der Waals surface area (Å²) in [5, 5.41) is 0.682. The van der Waals surface area contributed by atoms with Gasteiger partial charge >= 0.3 is 6.18 Å². The van der Waals surface area contributed by atoms with Crippen molar-refractivity contribution in [2.75, 3.05) is 24.2 Å². The second kappa shape index (κ2) is 4.91. The molecule has 0 aliphatic rings. The SMILES string of the molecule is CN(CCC(F)(F)F)c1nc(N)nc2ccccc12. The van der Waals surface area contributed by atoms with Crippen molar-refractivity contribution in [1.82, 2.24) is 9.97 Å². The molecular weight excluding hydrogens is 257 g/mol. The fraction of sp³-hybridized carbons (Fsp3) is 0.333. The van der Waals surface area contributed by atoms with Gasteiger partial charge in [-0.05, 0) is 12.1 Å². The Morgan fingerprint density at radius 2 is 1.89 bits per heavy atom. The van der Waals surface area contributed by atoms with Gasteiger partial charge in [0.05, 0.1) is 11.9 Å². The predicted molar refractivity (Wildman–Crippen MR) is 67.9 cm³/mol. The molecular formula is C12H13F3N4. The normalized spacial score (nSPS) is 11.8. The van der Waals surface area contributed by atoms with Gasteiger partial charge in [-0.15, -0.1) is 0 Å². The Hall–Kier alpha value is -2.05. The van der Waals surface area contributed by atoms with Crippen LogP contribution in [0.15, 0.2) is 24.3 Å². The molecule has 4 nitrogen and oxygen atoms in total. The molecule has 0 fully saturated rings. The van der Waals surface area contributed by atoms with Gasteiger partial charge in [0.1, 0.15) is 5.82 Å². The third kappa shape index (κ3) is 3.24. The molecule has 102 valence electrons. The van der Waals surface area contributed by atoms with E-state index in [1.807, 2.05) is 0 Å². The first-order chi connectivity index (χ1) is 8.87. The molecule has 0 radical (unpaired) electrons. The highest BCUT2D eigenvalue weighted by Gasteiger charge is 2.27. The maximum atomic E-state index is 12.2. The minimum absolute atomic E-state index is 0.0487. The van der Waals surface area contributed by atoms with Crippen LogP contribution < -0.4 is 10.6 Å². The number of nitrogens with zero attached hydrogens (tertiary/aromatic N) is 3. The molecule has 0 bridgehead atoms. The van der Waals surface area contributed by atoms with Gasteiger partial charge in [-0.1, -0.05) is 12.1 Å². The lowest BCUT2D eigenvalue weighted by Gasteiger charge is -2.20. The summed E-state index contributed by atoms with van der Waals surface area (Å²) in [5.74, 6) is 0.458. The Balaban J connectivity index is 2.33. The molecule has 0 amide bonds. The standard InChI is InChI=1S/C12H13F3N4/c1-19(7-6-12(13,14)15)10-8-4-2-3-5-9(8)17-11(16)18-10/h2-5H,6-7H2,1H3,(H2,16,17,18). The zero-order valence-electron chi connectivity index (χ0n) is 10.3. The summed E-state index contributed by atoms with van der Waals surface area (Å²) in [6.07, 6.45) is -5.09. The lowest BCUT2D eigenvalue weighted by molar-refractivity contribution is -0.132. The number of nitrogen functional groups attached to an aromatic ring is 1. The largest absolute Gasteiger partial charge is 0.390 e. The lowest BCUT2D eigenvalue weighted by atomic mass is 10.2. The van der Waals surface area contributed by atoms with E-state index in [0.29, 0.717) is 16.7 Å². The Morgan fingerprint density at radius 3 is 2.58 bits per heavy atom. The van der Waals surface area contributed by atoms with E-state index < -0.39 is 12.6 Å². The molecule has 2 N–H and O–H groups in total. The average molecular weight is 270 g/mol. The van der Waals surface area contributed by atoms with Gasteiger partial charge in [0, 0.05) is 19.0 Å². The van der Waals surface area contributed by atoms with Gasteiger partial charge < -0.3 is 10.6 Å².